The Kier molecular flexibility index (Phi) is 3.15. The summed E-state index contributed by atoms with van der Waals surface area (Å²) in [7, 11) is 0. The van der Waals surface area contributed by atoms with E-state index in [9.17, 15) is 0 Å². The molecule has 0 aliphatic heterocycles. The van der Waals surface area contributed by atoms with E-state index in [2.05, 4.69) is 50.0 Å². The maximum absolute atomic E-state index is 4.15. The summed E-state index contributed by atoms with van der Waals surface area (Å²) in [6, 6.07) is 10.4. The first kappa shape index (κ1) is 11.4. The standard InChI is InChI=1S/C15H21N/c1-12(13-7-5-4-6-8-13)11-16-15(2,3)14-9-10-14/h4-8,14,16H,1,9-11H2,2-3H3. The maximum Gasteiger partial charge on any atom is 0.0210 e. The van der Waals surface area contributed by atoms with Gasteiger partial charge in [0.15, 0.2) is 0 Å². The highest BCUT2D eigenvalue weighted by Gasteiger charge is 2.37. The van der Waals surface area contributed by atoms with E-state index in [0.29, 0.717) is 0 Å². The third kappa shape index (κ3) is 2.73. The fraction of sp³-hybridized carbons (Fsp3) is 0.467. The lowest BCUT2D eigenvalue weighted by Crippen LogP contribution is -2.42. The van der Waals surface area contributed by atoms with Gasteiger partial charge in [0.25, 0.3) is 0 Å². The summed E-state index contributed by atoms with van der Waals surface area (Å²) in [6.07, 6.45) is 2.75. The molecule has 1 aromatic rings. The molecule has 0 unspecified atom stereocenters. The second kappa shape index (κ2) is 4.42. The number of hydrogen-bond acceptors (Lipinski definition) is 1. The minimum absolute atomic E-state index is 0.262. The number of nitrogens with one attached hydrogen (secondary N) is 1. The summed E-state index contributed by atoms with van der Waals surface area (Å²) in [5, 5.41) is 3.62. The lowest BCUT2D eigenvalue weighted by molar-refractivity contribution is 0.359. The zero-order chi connectivity index (χ0) is 11.6. The molecule has 0 atom stereocenters. The van der Waals surface area contributed by atoms with Crippen LogP contribution in [0, 0.1) is 5.92 Å². The SMILES string of the molecule is C=C(CNC(C)(C)C1CC1)c1ccccc1. The first-order valence-corrected chi connectivity index (χ1v) is 6.08. The predicted molar refractivity (Wildman–Crippen MR) is 70.3 cm³/mol. The van der Waals surface area contributed by atoms with Gasteiger partial charge in [0, 0.05) is 12.1 Å². The smallest absolute Gasteiger partial charge is 0.0210 e. The quantitative estimate of drug-likeness (QED) is 0.793. The minimum atomic E-state index is 0.262. The molecule has 16 heavy (non-hydrogen) atoms. The van der Waals surface area contributed by atoms with E-state index in [4.69, 9.17) is 0 Å². The van der Waals surface area contributed by atoms with Gasteiger partial charge in [-0.1, -0.05) is 36.9 Å². The molecule has 0 aromatic heterocycles. The lowest BCUT2D eigenvalue weighted by atomic mass is 9.97. The monoisotopic (exact) mass is 215 g/mol. The van der Waals surface area contributed by atoms with Crippen molar-refractivity contribution in [1.82, 2.24) is 5.32 Å². The molecule has 1 aromatic carbocycles. The first-order valence-electron chi connectivity index (χ1n) is 6.08. The van der Waals surface area contributed by atoms with Crippen molar-refractivity contribution in [2.75, 3.05) is 6.54 Å². The van der Waals surface area contributed by atoms with E-state index < -0.39 is 0 Å². The van der Waals surface area contributed by atoms with E-state index in [0.717, 1.165) is 12.5 Å². The molecule has 0 amide bonds. The molecule has 1 saturated carbocycles. The average molecular weight is 215 g/mol. The molecule has 2 rings (SSSR count). The largest absolute Gasteiger partial charge is 0.307 e. The van der Waals surface area contributed by atoms with Gasteiger partial charge in [-0.25, -0.2) is 0 Å². The Hall–Kier alpha value is -1.08. The van der Waals surface area contributed by atoms with Crippen LogP contribution in [0.2, 0.25) is 0 Å². The fourth-order valence-electron chi connectivity index (χ4n) is 2.06. The third-order valence-electron chi connectivity index (χ3n) is 3.54. The molecule has 1 aliphatic rings. The maximum atomic E-state index is 4.15. The topological polar surface area (TPSA) is 12.0 Å². The molecule has 1 aliphatic carbocycles. The number of hydrogen-bond donors (Lipinski definition) is 1. The molecule has 0 spiro atoms. The second-order valence-electron chi connectivity index (χ2n) is 5.32. The molecule has 0 bridgehead atoms. The van der Waals surface area contributed by atoms with E-state index in [1.165, 1.54) is 24.0 Å². The summed E-state index contributed by atoms with van der Waals surface area (Å²) < 4.78 is 0. The highest BCUT2D eigenvalue weighted by Crippen LogP contribution is 2.39. The molecule has 0 saturated heterocycles. The van der Waals surface area contributed by atoms with Crippen molar-refractivity contribution in [3.63, 3.8) is 0 Å². The molecule has 0 radical (unpaired) electrons. The van der Waals surface area contributed by atoms with Crippen LogP contribution >= 0.6 is 0 Å². The van der Waals surface area contributed by atoms with Crippen LogP contribution in [-0.2, 0) is 0 Å². The predicted octanol–water partition coefficient (Wildman–Crippen LogP) is 3.48. The molecule has 1 heteroatoms. The molecule has 1 fully saturated rings. The van der Waals surface area contributed by atoms with Gasteiger partial charge in [0.2, 0.25) is 0 Å². The Morgan fingerprint density at radius 3 is 2.50 bits per heavy atom. The van der Waals surface area contributed by atoms with Crippen LogP contribution < -0.4 is 5.32 Å². The Balaban J connectivity index is 1.88. The van der Waals surface area contributed by atoms with Crippen LogP contribution in [0.5, 0.6) is 0 Å². The van der Waals surface area contributed by atoms with Crippen LogP contribution in [0.15, 0.2) is 36.9 Å². The van der Waals surface area contributed by atoms with E-state index in [-0.39, 0.29) is 5.54 Å². The van der Waals surface area contributed by atoms with Gasteiger partial charge in [-0.3, -0.25) is 0 Å². The van der Waals surface area contributed by atoms with Crippen LogP contribution in [-0.4, -0.2) is 12.1 Å². The van der Waals surface area contributed by atoms with Gasteiger partial charge < -0.3 is 5.32 Å². The number of rotatable bonds is 5. The van der Waals surface area contributed by atoms with Crippen molar-refractivity contribution in [2.24, 2.45) is 5.92 Å². The third-order valence-corrected chi connectivity index (χ3v) is 3.54. The summed E-state index contributed by atoms with van der Waals surface area (Å²) in [5.74, 6) is 0.857. The van der Waals surface area contributed by atoms with Crippen molar-refractivity contribution < 1.29 is 0 Å². The molecular weight excluding hydrogens is 194 g/mol. The minimum Gasteiger partial charge on any atom is -0.307 e. The van der Waals surface area contributed by atoms with E-state index >= 15 is 0 Å². The van der Waals surface area contributed by atoms with Gasteiger partial charge in [-0.05, 0) is 43.7 Å². The molecule has 0 heterocycles. The van der Waals surface area contributed by atoms with E-state index in [1.807, 2.05) is 6.07 Å². The molecular formula is C15H21N. The van der Waals surface area contributed by atoms with Crippen LogP contribution in [0.3, 0.4) is 0 Å². The summed E-state index contributed by atoms with van der Waals surface area (Å²) in [4.78, 5) is 0. The number of benzene rings is 1. The van der Waals surface area contributed by atoms with Crippen molar-refractivity contribution in [3.8, 4) is 0 Å². The zero-order valence-corrected chi connectivity index (χ0v) is 10.3. The highest BCUT2D eigenvalue weighted by molar-refractivity contribution is 5.64. The van der Waals surface area contributed by atoms with Gasteiger partial charge in [0.05, 0.1) is 0 Å². The van der Waals surface area contributed by atoms with Crippen molar-refractivity contribution in [3.05, 3.63) is 42.5 Å². The second-order valence-corrected chi connectivity index (χ2v) is 5.32. The van der Waals surface area contributed by atoms with Crippen molar-refractivity contribution in [1.29, 1.82) is 0 Å². The van der Waals surface area contributed by atoms with Crippen LogP contribution in [0.4, 0.5) is 0 Å². The average Bonchev–Trinajstić information content (AvgIpc) is 3.11. The van der Waals surface area contributed by atoms with Gasteiger partial charge in [-0.2, -0.15) is 0 Å². The van der Waals surface area contributed by atoms with Crippen molar-refractivity contribution in [2.45, 2.75) is 32.2 Å². The first-order chi connectivity index (χ1) is 7.59. The van der Waals surface area contributed by atoms with Gasteiger partial charge in [-0.15, -0.1) is 0 Å². The summed E-state index contributed by atoms with van der Waals surface area (Å²) >= 11 is 0. The van der Waals surface area contributed by atoms with Crippen LogP contribution in [0.25, 0.3) is 5.57 Å². The van der Waals surface area contributed by atoms with Crippen LogP contribution in [0.1, 0.15) is 32.3 Å². The highest BCUT2D eigenvalue weighted by atomic mass is 15.0. The van der Waals surface area contributed by atoms with Crippen molar-refractivity contribution >= 4 is 5.57 Å². The lowest BCUT2D eigenvalue weighted by Gasteiger charge is -2.26. The Bertz CT molecular complexity index is 360. The van der Waals surface area contributed by atoms with Gasteiger partial charge in [0.1, 0.15) is 0 Å². The fourth-order valence-corrected chi connectivity index (χ4v) is 2.06. The normalized spacial score (nSPS) is 16.1. The molecule has 1 nitrogen and oxygen atoms in total. The Labute approximate surface area is 98.6 Å². The summed E-state index contributed by atoms with van der Waals surface area (Å²) in [6.45, 7) is 9.62. The zero-order valence-electron chi connectivity index (χ0n) is 10.3. The Morgan fingerprint density at radius 2 is 1.94 bits per heavy atom. The summed E-state index contributed by atoms with van der Waals surface area (Å²) in [5.41, 5.74) is 2.67. The van der Waals surface area contributed by atoms with E-state index in [1.54, 1.807) is 0 Å². The Morgan fingerprint density at radius 1 is 1.31 bits per heavy atom. The van der Waals surface area contributed by atoms with Gasteiger partial charge >= 0.3 is 0 Å². The molecule has 1 N–H and O–H groups in total. The molecule has 86 valence electrons.